The van der Waals surface area contributed by atoms with E-state index < -0.39 is 29.9 Å². The van der Waals surface area contributed by atoms with E-state index in [9.17, 15) is 19.2 Å². The number of ether oxygens (including phenoxy) is 2. The van der Waals surface area contributed by atoms with Gasteiger partial charge in [0.15, 0.2) is 0 Å². The third-order valence-electron chi connectivity index (χ3n) is 3.08. The minimum absolute atomic E-state index is 0.117. The lowest BCUT2D eigenvalue weighted by Crippen LogP contribution is -2.37. The SMILES string of the molecule is CC(=O)N[C@@H](CC(=O)O)CC(=O)OCCc1ccc(OC(C)=O)cc1. The van der Waals surface area contributed by atoms with Crippen LogP contribution in [0, 0.1) is 0 Å². The predicted molar refractivity (Wildman–Crippen MR) is 86.9 cm³/mol. The molecule has 25 heavy (non-hydrogen) atoms. The molecule has 0 spiro atoms. The fourth-order valence-corrected chi connectivity index (χ4v) is 2.11. The topological polar surface area (TPSA) is 119 Å². The monoisotopic (exact) mass is 351 g/mol. The molecule has 0 aromatic heterocycles. The summed E-state index contributed by atoms with van der Waals surface area (Å²) in [7, 11) is 0. The first-order chi connectivity index (χ1) is 11.8. The van der Waals surface area contributed by atoms with Crippen molar-refractivity contribution in [3.8, 4) is 5.75 Å². The molecule has 1 rings (SSSR count). The van der Waals surface area contributed by atoms with Crippen LogP contribution in [0.1, 0.15) is 32.3 Å². The maximum atomic E-state index is 11.8. The second kappa shape index (κ2) is 10.1. The molecule has 1 aromatic rings. The van der Waals surface area contributed by atoms with Crippen molar-refractivity contribution >= 4 is 23.8 Å². The molecule has 1 aromatic carbocycles. The number of carbonyl (C=O) groups is 4. The van der Waals surface area contributed by atoms with Gasteiger partial charge >= 0.3 is 17.9 Å². The van der Waals surface area contributed by atoms with Gasteiger partial charge in [0.05, 0.1) is 19.4 Å². The number of carboxylic acid groups (broad SMARTS) is 1. The molecule has 0 unspecified atom stereocenters. The number of nitrogens with one attached hydrogen (secondary N) is 1. The summed E-state index contributed by atoms with van der Waals surface area (Å²) in [6.07, 6.45) is -0.112. The van der Waals surface area contributed by atoms with Crippen molar-refractivity contribution in [1.82, 2.24) is 5.32 Å². The Hall–Kier alpha value is -2.90. The molecular formula is C17H21NO7. The van der Waals surface area contributed by atoms with Gasteiger partial charge in [0.2, 0.25) is 5.91 Å². The molecule has 0 aliphatic carbocycles. The quantitative estimate of drug-likeness (QED) is 0.504. The van der Waals surface area contributed by atoms with Gasteiger partial charge in [0.25, 0.3) is 0 Å². The number of aliphatic carboxylic acids is 1. The lowest BCUT2D eigenvalue weighted by atomic mass is 10.1. The highest BCUT2D eigenvalue weighted by Gasteiger charge is 2.19. The van der Waals surface area contributed by atoms with Crippen LogP contribution in [0.2, 0.25) is 0 Å². The van der Waals surface area contributed by atoms with Crippen LogP contribution in [0.5, 0.6) is 5.75 Å². The summed E-state index contributed by atoms with van der Waals surface area (Å²) in [5.41, 5.74) is 0.882. The summed E-state index contributed by atoms with van der Waals surface area (Å²) in [6, 6.07) is 5.97. The molecule has 8 heteroatoms. The van der Waals surface area contributed by atoms with Crippen molar-refractivity contribution in [3.05, 3.63) is 29.8 Å². The molecule has 0 saturated carbocycles. The molecule has 0 aliphatic rings. The number of rotatable bonds is 9. The van der Waals surface area contributed by atoms with Gasteiger partial charge in [-0.3, -0.25) is 19.2 Å². The summed E-state index contributed by atoms with van der Waals surface area (Å²) in [4.78, 5) is 44.3. The number of carbonyl (C=O) groups excluding carboxylic acids is 3. The molecule has 2 N–H and O–H groups in total. The molecule has 1 amide bonds. The first-order valence-electron chi connectivity index (χ1n) is 7.68. The molecule has 1 atom stereocenters. The maximum absolute atomic E-state index is 11.8. The maximum Gasteiger partial charge on any atom is 0.308 e. The van der Waals surface area contributed by atoms with Crippen LogP contribution >= 0.6 is 0 Å². The van der Waals surface area contributed by atoms with Crippen LogP contribution in [0.4, 0.5) is 0 Å². The lowest BCUT2D eigenvalue weighted by molar-refractivity contribution is -0.145. The molecule has 0 fully saturated rings. The first kappa shape index (κ1) is 20.1. The van der Waals surface area contributed by atoms with Gasteiger partial charge in [0.1, 0.15) is 5.75 Å². The van der Waals surface area contributed by atoms with Crippen molar-refractivity contribution in [2.24, 2.45) is 0 Å². The fourth-order valence-electron chi connectivity index (χ4n) is 2.11. The van der Waals surface area contributed by atoms with Gasteiger partial charge in [0, 0.05) is 26.3 Å². The summed E-state index contributed by atoms with van der Waals surface area (Å²) in [5, 5.41) is 11.2. The van der Waals surface area contributed by atoms with Gasteiger partial charge in [-0.15, -0.1) is 0 Å². The highest BCUT2D eigenvalue weighted by atomic mass is 16.5. The number of carboxylic acids is 1. The van der Waals surface area contributed by atoms with Crippen LogP contribution in [0.15, 0.2) is 24.3 Å². The summed E-state index contributed by atoms with van der Waals surface area (Å²) >= 11 is 0. The smallest absolute Gasteiger partial charge is 0.308 e. The number of benzene rings is 1. The van der Waals surface area contributed by atoms with Gasteiger partial charge in [-0.05, 0) is 17.7 Å². The van der Waals surface area contributed by atoms with E-state index in [0.717, 1.165) is 5.56 Å². The lowest BCUT2D eigenvalue weighted by Gasteiger charge is -2.15. The number of hydrogen-bond donors (Lipinski definition) is 2. The Labute approximate surface area is 145 Å². The van der Waals surface area contributed by atoms with E-state index in [1.807, 2.05) is 0 Å². The van der Waals surface area contributed by atoms with E-state index >= 15 is 0 Å². The average Bonchev–Trinajstić information content (AvgIpc) is 2.47. The Kier molecular flexibility index (Phi) is 8.11. The molecular weight excluding hydrogens is 330 g/mol. The minimum Gasteiger partial charge on any atom is -0.481 e. The molecule has 0 bridgehead atoms. The Bertz CT molecular complexity index is 608. The molecule has 0 aliphatic heterocycles. The van der Waals surface area contributed by atoms with E-state index in [2.05, 4.69) is 5.32 Å². The van der Waals surface area contributed by atoms with Gasteiger partial charge in [-0.2, -0.15) is 0 Å². The fraction of sp³-hybridized carbons (Fsp3) is 0.412. The van der Waals surface area contributed by atoms with Crippen LogP contribution in [-0.2, 0) is 30.3 Å². The van der Waals surface area contributed by atoms with E-state index in [1.54, 1.807) is 24.3 Å². The zero-order valence-electron chi connectivity index (χ0n) is 14.1. The zero-order valence-corrected chi connectivity index (χ0v) is 14.1. The summed E-state index contributed by atoms with van der Waals surface area (Å²) in [5.74, 6) is -2.08. The second-order valence-corrected chi connectivity index (χ2v) is 5.41. The van der Waals surface area contributed by atoms with Gasteiger partial charge in [-0.1, -0.05) is 12.1 Å². The summed E-state index contributed by atoms with van der Waals surface area (Å²) in [6.45, 7) is 2.68. The largest absolute Gasteiger partial charge is 0.481 e. The zero-order chi connectivity index (χ0) is 18.8. The van der Waals surface area contributed by atoms with Crippen LogP contribution < -0.4 is 10.1 Å². The highest BCUT2D eigenvalue weighted by Crippen LogP contribution is 2.13. The average molecular weight is 351 g/mol. The van der Waals surface area contributed by atoms with Crippen molar-refractivity contribution in [3.63, 3.8) is 0 Å². The number of hydrogen-bond acceptors (Lipinski definition) is 6. The molecule has 0 heterocycles. The van der Waals surface area contributed by atoms with Crippen molar-refractivity contribution in [2.45, 2.75) is 39.2 Å². The Balaban J connectivity index is 2.40. The third-order valence-corrected chi connectivity index (χ3v) is 3.08. The van der Waals surface area contributed by atoms with Gasteiger partial charge < -0.3 is 19.9 Å². The first-order valence-corrected chi connectivity index (χ1v) is 7.68. The number of esters is 2. The van der Waals surface area contributed by atoms with Crippen molar-refractivity contribution in [1.29, 1.82) is 0 Å². The van der Waals surface area contributed by atoms with Gasteiger partial charge in [-0.25, -0.2) is 0 Å². The third kappa shape index (κ3) is 9.09. The molecule has 8 nitrogen and oxygen atoms in total. The second-order valence-electron chi connectivity index (χ2n) is 5.41. The molecule has 136 valence electrons. The van der Waals surface area contributed by atoms with E-state index in [0.29, 0.717) is 12.2 Å². The van der Waals surface area contributed by atoms with Crippen LogP contribution in [0.25, 0.3) is 0 Å². The number of amides is 1. The van der Waals surface area contributed by atoms with Crippen molar-refractivity contribution in [2.75, 3.05) is 6.61 Å². The molecule has 0 saturated heterocycles. The normalized spacial score (nSPS) is 11.3. The Morgan fingerprint density at radius 3 is 2.24 bits per heavy atom. The Morgan fingerprint density at radius 2 is 1.72 bits per heavy atom. The standard InChI is InChI=1S/C17H21NO7/c1-11(19)18-14(9-16(21)22)10-17(23)24-8-7-13-3-5-15(6-4-13)25-12(2)20/h3-6,14H,7-10H2,1-2H3,(H,18,19)(H,21,22)/t14-/m0/s1. The van der Waals surface area contributed by atoms with Crippen LogP contribution in [-0.4, -0.2) is 41.6 Å². The molecule has 0 radical (unpaired) electrons. The highest BCUT2D eigenvalue weighted by molar-refractivity contribution is 5.77. The van der Waals surface area contributed by atoms with Crippen molar-refractivity contribution < 1.29 is 33.8 Å². The minimum atomic E-state index is -1.11. The summed E-state index contributed by atoms with van der Waals surface area (Å²) < 4.78 is 9.98. The van der Waals surface area contributed by atoms with E-state index in [1.165, 1.54) is 13.8 Å². The Morgan fingerprint density at radius 1 is 1.08 bits per heavy atom. The van der Waals surface area contributed by atoms with E-state index in [-0.39, 0.29) is 19.4 Å². The predicted octanol–water partition coefficient (Wildman–Crippen LogP) is 1.07. The van der Waals surface area contributed by atoms with E-state index in [4.69, 9.17) is 14.6 Å². The van der Waals surface area contributed by atoms with Crippen LogP contribution in [0.3, 0.4) is 0 Å².